The highest BCUT2D eigenvalue weighted by Gasteiger charge is 2.33. The number of carbonyl (C=O) groups excluding carboxylic acids is 2. The van der Waals surface area contributed by atoms with Crippen molar-refractivity contribution in [2.24, 2.45) is 0 Å². The minimum atomic E-state index is -1.94. The fourth-order valence-corrected chi connectivity index (χ4v) is 1.27. The third-order valence-corrected chi connectivity index (χ3v) is 2.79. The van der Waals surface area contributed by atoms with E-state index in [0.717, 1.165) is 0 Å². The van der Waals surface area contributed by atoms with E-state index in [9.17, 15) is 19.8 Å². The summed E-state index contributed by atoms with van der Waals surface area (Å²) >= 11 is 0. The number of rotatable bonds is 9. The topological polar surface area (TPSA) is 93.1 Å². The third-order valence-electron chi connectivity index (χ3n) is 2.79. The van der Waals surface area contributed by atoms with Crippen LogP contribution < -0.4 is 0 Å². The average Bonchev–Trinajstić information content (AvgIpc) is 2.33. The first-order valence-corrected chi connectivity index (χ1v) is 7.14. The molecule has 0 heterocycles. The van der Waals surface area contributed by atoms with Crippen LogP contribution in [0, 0.1) is 0 Å². The molecule has 23 heavy (non-hydrogen) atoms. The van der Waals surface area contributed by atoms with Crippen LogP contribution in [0.25, 0.3) is 0 Å². The summed E-state index contributed by atoms with van der Waals surface area (Å²) in [6, 6.07) is 0. The van der Waals surface area contributed by atoms with Crippen LogP contribution in [0.3, 0.4) is 0 Å². The molecule has 0 amide bonds. The largest absolute Gasteiger partial charge is 0.458 e. The lowest BCUT2D eigenvalue weighted by atomic mass is 10.2. The maximum Gasteiger partial charge on any atom is 0.338 e. The van der Waals surface area contributed by atoms with Gasteiger partial charge in [0.05, 0.1) is 42.3 Å². The average molecular weight is 359 g/mol. The van der Waals surface area contributed by atoms with Crippen molar-refractivity contribution in [1.82, 2.24) is 0 Å². The smallest absolute Gasteiger partial charge is 0.338 e. The zero-order chi connectivity index (χ0) is 17.6. The highest BCUT2D eigenvalue weighted by atomic mass is 35.5. The Morgan fingerprint density at radius 2 is 1.04 bits per heavy atom. The molecule has 2 N–H and O–H groups in total. The van der Waals surface area contributed by atoms with Gasteiger partial charge in [-0.05, 0) is 0 Å². The molecule has 0 fully saturated rings. The molecule has 0 spiro atoms. The first-order chi connectivity index (χ1) is 9.83. The Morgan fingerprint density at radius 3 is 1.26 bits per heavy atom. The number of nitrogens with zero attached hydrogens (tertiary/aromatic N) is 2. The van der Waals surface area contributed by atoms with Crippen molar-refractivity contribution in [2.75, 3.05) is 68.6 Å². The van der Waals surface area contributed by atoms with Crippen molar-refractivity contribution >= 4 is 24.3 Å². The first kappa shape index (κ1) is 24.3. The number of aliphatic hydroxyl groups excluding tert-OH is 2. The van der Waals surface area contributed by atoms with Gasteiger partial charge in [0.1, 0.15) is 26.3 Å². The van der Waals surface area contributed by atoms with Gasteiger partial charge in [-0.25, -0.2) is 9.59 Å². The van der Waals surface area contributed by atoms with Crippen LogP contribution in [-0.2, 0) is 19.1 Å². The summed E-state index contributed by atoms with van der Waals surface area (Å²) in [5, 5.41) is 19.2. The van der Waals surface area contributed by atoms with Gasteiger partial charge >= 0.3 is 11.9 Å². The monoisotopic (exact) mass is 358 g/mol. The molecule has 0 saturated heterocycles. The molecule has 0 aliphatic heterocycles. The van der Waals surface area contributed by atoms with E-state index in [1.54, 1.807) is 0 Å². The first-order valence-electron chi connectivity index (χ1n) is 7.14. The minimum Gasteiger partial charge on any atom is -0.458 e. The molecular formula is C14H31ClN2O6+2. The van der Waals surface area contributed by atoms with Crippen molar-refractivity contribution in [1.29, 1.82) is 0 Å². The van der Waals surface area contributed by atoms with Gasteiger partial charge < -0.3 is 28.7 Å². The Balaban J connectivity index is 0. The SMILES string of the molecule is C[N+](C)(C)CCOC(=O)C(O)C(O)C(=O)OCC[N+](C)(C)C.Cl. The number of likely N-dealkylation sites (N-methyl/N-ethyl adjacent to an activating group) is 2. The Bertz CT molecular complexity index is 342. The van der Waals surface area contributed by atoms with Gasteiger partial charge in [0, 0.05) is 0 Å². The van der Waals surface area contributed by atoms with E-state index in [1.165, 1.54) is 0 Å². The lowest BCUT2D eigenvalue weighted by Crippen LogP contribution is -2.44. The Hall–Kier alpha value is -0.930. The maximum absolute atomic E-state index is 11.6. The van der Waals surface area contributed by atoms with Crippen molar-refractivity contribution < 1.29 is 38.2 Å². The Kier molecular flexibility index (Phi) is 10.6. The van der Waals surface area contributed by atoms with Crippen LogP contribution in [-0.4, -0.2) is 112 Å². The van der Waals surface area contributed by atoms with Gasteiger partial charge in [0.15, 0.2) is 12.2 Å². The fraction of sp³-hybridized carbons (Fsp3) is 0.857. The standard InChI is InChI=1S/C14H30N2O6.ClH/c1-15(2,3)7-9-21-13(19)11(17)12(18)14(20)22-10-8-16(4,5)6;/h11-12,17-18H,7-10H2,1-6H3;1H/q+2;. The molecule has 0 radical (unpaired) electrons. The van der Waals surface area contributed by atoms with Crippen LogP contribution in [0.15, 0.2) is 0 Å². The second-order valence-electron chi connectivity index (χ2n) is 7.25. The van der Waals surface area contributed by atoms with Crippen molar-refractivity contribution in [3.63, 3.8) is 0 Å². The van der Waals surface area contributed by atoms with E-state index < -0.39 is 24.1 Å². The molecule has 0 aromatic heterocycles. The number of aliphatic hydroxyl groups is 2. The molecule has 8 nitrogen and oxygen atoms in total. The van der Waals surface area contributed by atoms with Crippen molar-refractivity contribution in [3.05, 3.63) is 0 Å². The summed E-state index contributed by atoms with van der Waals surface area (Å²) in [5.41, 5.74) is 0. The quantitative estimate of drug-likeness (QED) is 0.390. The zero-order valence-electron chi connectivity index (χ0n) is 14.8. The molecule has 0 aromatic carbocycles. The maximum atomic E-state index is 11.6. The van der Waals surface area contributed by atoms with Gasteiger partial charge in [0.25, 0.3) is 0 Å². The molecule has 138 valence electrons. The molecule has 2 atom stereocenters. The van der Waals surface area contributed by atoms with E-state index in [-0.39, 0.29) is 25.6 Å². The summed E-state index contributed by atoms with van der Waals surface area (Å²) in [5.74, 6) is -2.07. The number of hydrogen-bond donors (Lipinski definition) is 2. The van der Waals surface area contributed by atoms with Gasteiger partial charge in [0.2, 0.25) is 0 Å². The van der Waals surface area contributed by atoms with Gasteiger partial charge in [-0.1, -0.05) is 0 Å². The highest BCUT2D eigenvalue weighted by molar-refractivity contribution is 5.85. The molecular weight excluding hydrogens is 328 g/mol. The summed E-state index contributed by atoms with van der Waals surface area (Å²) < 4.78 is 10.8. The molecule has 9 heteroatoms. The van der Waals surface area contributed by atoms with Crippen LogP contribution in [0.1, 0.15) is 0 Å². The summed E-state index contributed by atoms with van der Waals surface area (Å²) in [7, 11) is 11.5. The van der Waals surface area contributed by atoms with E-state index >= 15 is 0 Å². The van der Waals surface area contributed by atoms with Crippen molar-refractivity contribution in [2.45, 2.75) is 12.2 Å². The summed E-state index contributed by atoms with van der Waals surface area (Å²) in [6.07, 6.45) is -3.88. The number of ether oxygens (including phenoxy) is 2. The lowest BCUT2D eigenvalue weighted by molar-refractivity contribution is -0.870. The minimum absolute atomic E-state index is 0. The second-order valence-corrected chi connectivity index (χ2v) is 7.25. The molecule has 0 aromatic rings. The molecule has 0 rings (SSSR count). The molecule has 2 unspecified atom stereocenters. The second kappa shape index (κ2) is 10.0. The zero-order valence-corrected chi connectivity index (χ0v) is 15.6. The fourth-order valence-electron chi connectivity index (χ4n) is 1.27. The number of carbonyl (C=O) groups is 2. The summed E-state index contributed by atoms with van der Waals surface area (Å²) in [6.45, 7) is 1.26. The van der Waals surface area contributed by atoms with Gasteiger partial charge in [-0.15, -0.1) is 12.4 Å². The van der Waals surface area contributed by atoms with Crippen molar-refractivity contribution in [3.8, 4) is 0 Å². The van der Waals surface area contributed by atoms with E-state index in [0.29, 0.717) is 22.1 Å². The highest BCUT2D eigenvalue weighted by Crippen LogP contribution is 2.01. The third kappa shape index (κ3) is 12.2. The number of esters is 2. The van der Waals surface area contributed by atoms with Gasteiger partial charge in [-0.3, -0.25) is 0 Å². The lowest BCUT2D eigenvalue weighted by Gasteiger charge is -2.24. The summed E-state index contributed by atoms with van der Waals surface area (Å²) in [4.78, 5) is 23.1. The molecule has 0 aliphatic carbocycles. The van der Waals surface area contributed by atoms with E-state index in [1.807, 2.05) is 42.3 Å². The molecule has 0 bridgehead atoms. The Labute approximate surface area is 144 Å². The number of hydrogen-bond acceptors (Lipinski definition) is 6. The van der Waals surface area contributed by atoms with Crippen LogP contribution in [0.2, 0.25) is 0 Å². The van der Waals surface area contributed by atoms with E-state index in [2.05, 4.69) is 0 Å². The normalized spacial score (nSPS) is 14.4. The molecule has 0 aliphatic rings. The Morgan fingerprint density at radius 1 is 0.783 bits per heavy atom. The van der Waals surface area contributed by atoms with E-state index in [4.69, 9.17) is 9.47 Å². The van der Waals surface area contributed by atoms with Crippen LogP contribution >= 0.6 is 12.4 Å². The predicted octanol–water partition coefficient (Wildman–Crippen LogP) is -1.37. The number of halogens is 1. The predicted molar refractivity (Wildman–Crippen MR) is 87.0 cm³/mol. The van der Waals surface area contributed by atoms with Crippen LogP contribution in [0.5, 0.6) is 0 Å². The molecule has 0 saturated carbocycles. The van der Waals surface area contributed by atoms with Gasteiger partial charge in [-0.2, -0.15) is 0 Å². The number of quaternary nitrogens is 2. The van der Waals surface area contributed by atoms with Crippen LogP contribution in [0.4, 0.5) is 0 Å².